The molecule has 1 aliphatic heterocycles. The van der Waals surface area contributed by atoms with Crippen LogP contribution in [0, 0.1) is 5.92 Å². The summed E-state index contributed by atoms with van der Waals surface area (Å²) >= 11 is 0. The summed E-state index contributed by atoms with van der Waals surface area (Å²) in [6.07, 6.45) is 2.08. The van der Waals surface area contributed by atoms with Gasteiger partial charge >= 0.3 is 0 Å². The molecule has 0 atom stereocenters. The SMILES string of the molecule is CC(C)CC(=O)N1CCC(NC(=O)CNC(=O)c2ccccc2)CC1. The molecule has 0 aromatic heterocycles. The number of carbonyl (C=O) groups is 3. The first-order valence-corrected chi connectivity index (χ1v) is 8.86. The van der Waals surface area contributed by atoms with Crippen molar-refractivity contribution < 1.29 is 14.4 Å². The van der Waals surface area contributed by atoms with Gasteiger partial charge < -0.3 is 15.5 Å². The van der Waals surface area contributed by atoms with Crippen molar-refractivity contribution in [1.29, 1.82) is 0 Å². The molecule has 3 amide bonds. The Morgan fingerprint density at radius 3 is 2.36 bits per heavy atom. The number of carbonyl (C=O) groups excluding carboxylic acids is 3. The molecule has 1 saturated heterocycles. The van der Waals surface area contributed by atoms with Gasteiger partial charge in [0.25, 0.3) is 5.91 Å². The van der Waals surface area contributed by atoms with Crippen LogP contribution in [0.15, 0.2) is 30.3 Å². The van der Waals surface area contributed by atoms with Gasteiger partial charge in [-0.25, -0.2) is 0 Å². The fraction of sp³-hybridized carbons (Fsp3) is 0.526. The van der Waals surface area contributed by atoms with E-state index in [1.807, 2.05) is 24.8 Å². The van der Waals surface area contributed by atoms with Crippen molar-refractivity contribution in [3.63, 3.8) is 0 Å². The molecule has 6 heteroatoms. The normalized spacial score (nSPS) is 15.1. The molecule has 1 aliphatic rings. The smallest absolute Gasteiger partial charge is 0.251 e. The van der Waals surface area contributed by atoms with E-state index < -0.39 is 0 Å². The van der Waals surface area contributed by atoms with E-state index in [2.05, 4.69) is 10.6 Å². The van der Waals surface area contributed by atoms with E-state index in [-0.39, 0.29) is 30.3 Å². The lowest BCUT2D eigenvalue weighted by Crippen LogP contribution is -2.48. The van der Waals surface area contributed by atoms with Crippen LogP contribution in [-0.4, -0.2) is 48.3 Å². The second-order valence-corrected chi connectivity index (χ2v) is 6.87. The van der Waals surface area contributed by atoms with Gasteiger partial charge in [-0.05, 0) is 30.9 Å². The van der Waals surface area contributed by atoms with E-state index in [4.69, 9.17) is 0 Å². The summed E-state index contributed by atoms with van der Waals surface area (Å²) < 4.78 is 0. The second-order valence-electron chi connectivity index (χ2n) is 6.87. The zero-order chi connectivity index (χ0) is 18.2. The van der Waals surface area contributed by atoms with E-state index in [1.54, 1.807) is 24.3 Å². The van der Waals surface area contributed by atoms with Gasteiger partial charge in [0.1, 0.15) is 0 Å². The average molecular weight is 345 g/mol. The van der Waals surface area contributed by atoms with Crippen LogP contribution in [-0.2, 0) is 9.59 Å². The number of piperidine rings is 1. The van der Waals surface area contributed by atoms with E-state index in [9.17, 15) is 14.4 Å². The van der Waals surface area contributed by atoms with Gasteiger partial charge in [-0.3, -0.25) is 14.4 Å². The number of hydrogen-bond acceptors (Lipinski definition) is 3. The Kier molecular flexibility index (Phi) is 6.98. The monoisotopic (exact) mass is 345 g/mol. The number of amides is 3. The highest BCUT2D eigenvalue weighted by atomic mass is 16.2. The maximum absolute atomic E-state index is 12.0. The molecule has 25 heavy (non-hydrogen) atoms. The third kappa shape index (κ3) is 6.21. The quantitative estimate of drug-likeness (QED) is 0.821. The minimum absolute atomic E-state index is 0.0414. The van der Waals surface area contributed by atoms with Crippen molar-refractivity contribution >= 4 is 17.7 Å². The predicted molar refractivity (Wildman–Crippen MR) is 96.0 cm³/mol. The molecular formula is C19H27N3O3. The van der Waals surface area contributed by atoms with Crippen LogP contribution in [0.1, 0.15) is 43.5 Å². The van der Waals surface area contributed by atoms with Gasteiger partial charge in [-0.2, -0.15) is 0 Å². The van der Waals surface area contributed by atoms with Gasteiger partial charge in [-0.1, -0.05) is 32.0 Å². The topological polar surface area (TPSA) is 78.5 Å². The van der Waals surface area contributed by atoms with Crippen molar-refractivity contribution in [2.45, 2.75) is 39.2 Å². The highest BCUT2D eigenvalue weighted by Gasteiger charge is 2.24. The summed E-state index contributed by atoms with van der Waals surface area (Å²) in [5.41, 5.74) is 0.535. The average Bonchev–Trinajstić information content (AvgIpc) is 2.60. The van der Waals surface area contributed by atoms with Crippen molar-refractivity contribution in [3.8, 4) is 0 Å². The lowest BCUT2D eigenvalue weighted by molar-refractivity contribution is -0.133. The van der Waals surface area contributed by atoms with Crippen LogP contribution in [0.2, 0.25) is 0 Å². The first kappa shape index (κ1) is 19.0. The van der Waals surface area contributed by atoms with Gasteiger partial charge in [0.15, 0.2) is 0 Å². The number of likely N-dealkylation sites (tertiary alicyclic amines) is 1. The number of nitrogens with zero attached hydrogens (tertiary/aromatic N) is 1. The summed E-state index contributed by atoms with van der Waals surface area (Å²) in [6.45, 7) is 5.38. The zero-order valence-electron chi connectivity index (χ0n) is 15.0. The Balaban J connectivity index is 1.68. The summed E-state index contributed by atoms with van der Waals surface area (Å²) in [7, 11) is 0. The highest BCUT2D eigenvalue weighted by Crippen LogP contribution is 2.13. The van der Waals surface area contributed by atoms with E-state index in [0.29, 0.717) is 31.0 Å². The standard InChI is InChI=1S/C19H27N3O3/c1-14(2)12-18(24)22-10-8-16(9-11-22)21-17(23)13-20-19(25)15-6-4-3-5-7-15/h3-7,14,16H,8-13H2,1-2H3,(H,20,25)(H,21,23). The molecule has 1 heterocycles. The van der Waals surface area contributed by atoms with Crippen molar-refractivity contribution in [1.82, 2.24) is 15.5 Å². The third-order valence-corrected chi connectivity index (χ3v) is 4.24. The van der Waals surface area contributed by atoms with Gasteiger partial charge in [0.2, 0.25) is 11.8 Å². The molecule has 1 aromatic carbocycles. The van der Waals surface area contributed by atoms with E-state index in [1.165, 1.54) is 0 Å². The molecule has 0 aliphatic carbocycles. The van der Waals surface area contributed by atoms with Gasteiger partial charge in [0.05, 0.1) is 6.54 Å². The summed E-state index contributed by atoms with van der Waals surface area (Å²) in [5, 5.41) is 5.56. The molecule has 1 aromatic rings. The predicted octanol–water partition coefficient (Wildman–Crippen LogP) is 1.57. The Labute approximate surface area is 149 Å². The molecule has 0 spiro atoms. The van der Waals surface area contributed by atoms with Gasteiger partial charge in [-0.15, -0.1) is 0 Å². The minimum Gasteiger partial charge on any atom is -0.352 e. The van der Waals surface area contributed by atoms with Crippen LogP contribution in [0.3, 0.4) is 0 Å². The molecule has 136 valence electrons. The highest BCUT2D eigenvalue weighted by molar-refractivity contribution is 5.96. The lowest BCUT2D eigenvalue weighted by atomic mass is 10.0. The lowest BCUT2D eigenvalue weighted by Gasteiger charge is -2.32. The molecule has 0 unspecified atom stereocenters. The van der Waals surface area contributed by atoms with E-state index in [0.717, 1.165) is 12.8 Å². The molecule has 0 bridgehead atoms. The molecule has 1 fully saturated rings. The Morgan fingerprint density at radius 1 is 1.12 bits per heavy atom. The first-order chi connectivity index (χ1) is 12.0. The number of hydrogen-bond donors (Lipinski definition) is 2. The summed E-state index contributed by atoms with van der Waals surface area (Å²) in [6, 6.07) is 8.87. The van der Waals surface area contributed by atoms with Crippen molar-refractivity contribution in [2.24, 2.45) is 5.92 Å². The van der Waals surface area contributed by atoms with Crippen LogP contribution in [0.4, 0.5) is 0 Å². The van der Waals surface area contributed by atoms with Crippen LogP contribution < -0.4 is 10.6 Å². The largest absolute Gasteiger partial charge is 0.352 e. The van der Waals surface area contributed by atoms with Crippen LogP contribution >= 0.6 is 0 Å². The molecule has 6 nitrogen and oxygen atoms in total. The molecular weight excluding hydrogens is 318 g/mol. The minimum atomic E-state index is -0.259. The van der Waals surface area contributed by atoms with E-state index >= 15 is 0 Å². The number of benzene rings is 1. The number of rotatable bonds is 6. The fourth-order valence-electron chi connectivity index (χ4n) is 2.88. The maximum Gasteiger partial charge on any atom is 0.251 e. The summed E-state index contributed by atoms with van der Waals surface area (Å²) in [5.74, 6) is 0.0918. The van der Waals surface area contributed by atoms with Crippen LogP contribution in [0.25, 0.3) is 0 Å². The maximum atomic E-state index is 12.0. The molecule has 0 radical (unpaired) electrons. The molecule has 2 N–H and O–H groups in total. The Morgan fingerprint density at radius 2 is 1.76 bits per heavy atom. The fourth-order valence-corrected chi connectivity index (χ4v) is 2.88. The zero-order valence-corrected chi connectivity index (χ0v) is 15.0. The second kappa shape index (κ2) is 9.20. The van der Waals surface area contributed by atoms with Crippen molar-refractivity contribution in [3.05, 3.63) is 35.9 Å². The van der Waals surface area contributed by atoms with Gasteiger partial charge in [0, 0.05) is 31.1 Å². The summed E-state index contributed by atoms with van der Waals surface area (Å²) in [4.78, 5) is 37.8. The first-order valence-electron chi connectivity index (χ1n) is 8.86. The number of nitrogens with one attached hydrogen (secondary N) is 2. The molecule has 2 rings (SSSR count). The molecule has 0 saturated carbocycles. The third-order valence-electron chi connectivity index (χ3n) is 4.24. The van der Waals surface area contributed by atoms with Crippen LogP contribution in [0.5, 0.6) is 0 Å². The Hall–Kier alpha value is -2.37. The van der Waals surface area contributed by atoms with Crippen molar-refractivity contribution in [2.75, 3.05) is 19.6 Å². The Bertz CT molecular complexity index is 593.